The Morgan fingerprint density at radius 3 is 2.71 bits per heavy atom. The second-order valence-corrected chi connectivity index (χ2v) is 7.21. The van der Waals surface area contributed by atoms with E-state index in [0.29, 0.717) is 20.8 Å². The molecular formula is C20H19ClN4O2S. The molecular weight excluding hydrogens is 396 g/mol. The van der Waals surface area contributed by atoms with E-state index in [4.69, 9.17) is 16.3 Å². The Balaban J connectivity index is 1.84. The normalized spacial score (nSPS) is 10.8. The summed E-state index contributed by atoms with van der Waals surface area (Å²) in [6, 6.07) is 15.3. The number of nitrogens with one attached hydrogen (secondary N) is 2. The predicted octanol–water partition coefficient (Wildman–Crippen LogP) is 5.79. The Morgan fingerprint density at radius 1 is 1.25 bits per heavy atom. The van der Waals surface area contributed by atoms with Crippen molar-refractivity contribution in [1.82, 2.24) is 4.98 Å². The van der Waals surface area contributed by atoms with Crippen LogP contribution < -0.4 is 10.7 Å². The number of nitrogens with zero attached hydrogens (tertiary/aromatic N) is 2. The van der Waals surface area contributed by atoms with Gasteiger partial charge in [-0.2, -0.15) is 5.10 Å². The van der Waals surface area contributed by atoms with Gasteiger partial charge in [-0.05, 0) is 19.9 Å². The minimum absolute atomic E-state index is 0.289. The van der Waals surface area contributed by atoms with Crippen LogP contribution in [0, 0.1) is 6.92 Å². The lowest BCUT2D eigenvalue weighted by Crippen LogP contribution is -2.12. The summed E-state index contributed by atoms with van der Waals surface area (Å²) < 4.78 is 4.98. The number of carbonyl (C=O) groups is 1. The maximum atomic E-state index is 11.9. The fourth-order valence-corrected chi connectivity index (χ4v) is 3.36. The minimum Gasteiger partial charge on any atom is -0.450 e. The van der Waals surface area contributed by atoms with Crippen LogP contribution in [0.2, 0.25) is 5.02 Å². The van der Waals surface area contributed by atoms with Gasteiger partial charge in [-0.3, -0.25) is 10.7 Å². The third kappa shape index (κ3) is 5.09. The zero-order chi connectivity index (χ0) is 19.9. The standard InChI is InChI=1S/C20H19ClN4O2S/c1-3-27-20(26)24-18-17(14-10-8-13(2)9-11-14)23-19(28-18)25-22-12-15-6-4-5-7-16(15)21/h4-12H,3H2,1-2H3,(H,23,25)(H,24,26)/b22-12+. The summed E-state index contributed by atoms with van der Waals surface area (Å²) in [5.41, 5.74) is 6.36. The van der Waals surface area contributed by atoms with Crippen molar-refractivity contribution in [3.05, 3.63) is 64.7 Å². The van der Waals surface area contributed by atoms with E-state index < -0.39 is 6.09 Å². The molecule has 0 bridgehead atoms. The van der Waals surface area contributed by atoms with E-state index >= 15 is 0 Å². The Bertz CT molecular complexity index is 986. The van der Waals surface area contributed by atoms with Gasteiger partial charge in [0, 0.05) is 16.1 Å². The number of rotatable bonds is 6. The van der Waals surface area contributed by atoms with Crippen LogP contribution in [0.25, 0.3) is 11.3 Å². The largest absolute Gasteiger partial charge is 0.450 e. The summed E-state index contributed by atoms with van der Waals surface area (Å²) in [6.45, 7) is 4.06. The highest BCUT2D eigenvalue weighted by atomic mass is 35.5. The highest BCUT2D eigenvalue weighted by Gasteiger charge is 2.16. The molecule has 0 aliphatic heterocycles. The summed E-state index contributed by atoms with van der Waals surface area (Å²) in [7, 11) is 0. The van der Waals surface area contributed by atoms with Crippen molar-refractivity contribution < 1.29 is 9.53 Å². The number of aryl methyl sites for hydroxylation is 1. The molecule has 1 heterocycles. The van der Waals surface area contributed by atoms with Gasteiger partial charge in [0.1, 0.15) is 10.7 Å². The molecule has 2 N–H and O–H groups in total. The van der Waals surface area contributed by atoms with Gasteiger partial charge in [-0.25, -0.2) is 9.78 Å². The van der Waals surface area contributed by atoms with Gasteiger partial charge in [0.15, 0.2) is 0 Å². The number of ether oxygens (including phenoxy) is 1. The molecule has 2 aromatic carbocycles. The van der Waals surface area contributed by atoms with Gasteiger partial charge < -0.3 is 4.74 Å². The third-order valence-electron chi connectivity index (χ3n) is 3.71. The molecule has 28 heavy (non-hydrogen) atoms. The van der Waals surface area contributed by atoms with E-state index in [2.05, 4.69) is 20.8 Å². The van der Waals surface area contributed by atoms with Crippen LogP contribution in [-0.2, 0) is 4.74 Å². The number of amides is 1. The number of hydrogen-bond acceptors (Lipinski definition) is 6. The fourth-order valence-electron chi connectivity index (χ4n) is 2.36. The maximum Gasteiger partial charge on any atom is 0.412 e. The molecule has 0 fully saturated rings. The van der Waals surface area contributed by atoms with Crippen molar-refractivity contribution in [2.45, 2.75) is 13.8 Å². The Kier molecular flexibility index (Phi) is 6.62. The summed E-state index contributed by atoms with van der Waals surface area (Å²) in [6.07, 6.45) is 1.10. The number of halogens is 1. The topological polar surface area (TPSA) is 75.6 Å². The molecule has 0 radical (unpaired) electrons. The Morgan fingerprint density at radius 2 is 2.00 bits per heavy atom. The first-order chi connectivity index (χ1) is 13.6. The van der Waals surface area contributed by atoms with Crippen molar-refractivity contribution in [3.63, 3.8) is 0 Å². The van der Waals surface area contributed by atoms with Crippen molar-refractivity contribution >= 4 is 45.4 Å². The number of hydrogen-bond donors (Lipinski definition) is 2. The SMILES string of the molecule is CCOC(=O)Nc1sc(N/N=C/c2ccccc2Cl)nc1-c1ccc(C)cc1. The third-order valence-corrected chi connectivity index (χ3v) is 4.93. The van der Waals surface area contributed by atoms with E-state index in [1.165, 1.54) is 11.3 Å². The second-order valence-electron chi connectivity index (χ2n) is 5.80. The molecule has 0 unspecified atom stereocenters. The molecule has 3 aromatic rings. The smallest absolute Gasteiger partial charge is 0.412 e. The molecule has 0 saturated carbocycles. The summed E-state index contributed by atoms with van der Waals surface area (Å²) in [5, 5.41) is 8.66. The molecule has 0 atom stereocenters. The first-order valence-electron chi connectivity index (χ1n) is 8.62. The van der Waals surface area contributed by atoms with Crippen LogP contribution in [0.1, 0.15) is 18.1 Å². The van der Waals surface area contributed by atoms with E-state index in [0.717, 1.165) is 16.7 Å². The lowest BCUT2D eigenvalue weighted by atomic mass is 10.1. The van der Waals surface area contributed by atoms with Crippen LogP contribution in [0.5, 0.6) is 0 Å². The average molecular weight is 415 g/mol. The van der Waals surface area contributed by atoms with Crippen LogP contribution in [0.15, 0.2) is 53.6 Å². The number of hydrazone groups is 1. The van der Waals surface area contributed by atoms with Crippen LogP contribution in [0.3, 0.4) is 0 Å². The highest BCUT2D eigenvalue weighted by molar-refractivity contribution is 7.20. The second kappa shape index (κ2) is 9.34. The van der Waals surface area contributed by atoms with E-state index in [-0.39, 0.29) is 6.61 Å². The monoisotopic (exact) mass is 414 g/mol. The predicted molar refractivity (Wildman–Crippen MR) is 116 cm³/mol. The van der Waals surface area contributed by atoms with E-state index in [1.807, 2.05) is 49.4 Å². The minimum atomic E-state index is -0.523. The molecule has 0 aliphatic carbocycles. The Labute approximate surface area is 172 Å². The number of thiazole rings is 1. The maximum absolute atomic E-state index is 11.9. The number of anilines is 2. The summed E-state index contributed by atoms with van der Waals surface area (Å²) in [4.78, 5) is 16.4. The first kappa shape index (κ1) is 19.9. The van der Waals surface area contributed by atoms with E-state index in [9.17, 15) is 4.79 Å². The molecule has 1 amide bonds. The lowest BCUT2D eigenvalue weighted by molar-refractivity contribution is 0.168. The van der Waals surface area contributed by atoms with E-state index in [1.54, 1.807) is 19.2 Å². The molecule has 8 heteroatoms. The number of carbonyl (C=O) groups excluding carboxylic acids is 1. The molecule has 0 spiro atoms. The number of aromatic nitrogens is 1. The quantitative estimate of drug-likeness (QED) is 0.395. The van der Waals surface area contributed by atoms with Crippen LogP contribution in [-0.4, -0.2) is 23.9 Å². The zero-order valence-electron chi connectivity index (χ0n) is 15.4. The van der Waals surface area contributed by atoms with Gasteiger partial charge in [-0.15, -0.1) is 0 Å². The molecule has 3 rings (SSSR count). The molecule has 1 aromatic heterocycles. The number of benzene rings is 2. The molecule has 6 nitrogen and oxygen atoms in total. The van der Waals surface area contributed by atoms with Gasteiger partial charge >= 0.3 is 6.09 Å². The average Bonchev–Trinajstić information content (AvgIpc) is 3.06. The lowest BCUT2D eigenvalue weighted by Gasteiger charge is -2.05. The van der Waals surface area contributed by atoms with Crippen molar-refractivity contribution in [2.75, 3.05) is 17.3 Å². The zero-order valence-corrected chi connectivity index (χ0v) is 17.0. The van der Waals surface area contributed by atoms with Gasteiger partial charge in [0.05, 0.1) is 12.8 Å². The van der Waals surface area contributed by atoms with Crippen molar-refractivity contribution in [2.24, 2.45) is 5.10 Å². The molecule has 0 saturated heterocycles. The fraction of sp³-hybridized carbons (Fsp3) is 0.150. The first-order valence-corrected chi connectivity index (χ1v) is 9.81. The molecule has 144 valence electrons. The summed E-state index contributed by atoms with van der Waals surface area (Å²) >= 11 is 7.39. The van der Waals surface area contributed by atoms with Crippen molar-refractivity contribution in [3.8, 4) is 11.3 Å². The van der Waals surface area contributed by atoms with Gasteiger partial charge in [0.25, 0.3) is 0 Å². The summed E-state index contributed by atoms with van der Waals surface area (Å²) in [5.74, 6) is 0. The van der Waals surface area contributed by atoms with Crippen LogP contribution in [0.4, 0.5) is 14.9 Å². The molecule has 0 aliphatic rings. The van der Waals surface area contributed by atoms with Crippen molar-refractivity contribution in [1.29, 1.82) is 0 Å². The van der Waals surface area contributed by atoms with Gasteiger partial charge in [0.2, 0.25) is 5.13 Å². The van der Waals surface area contributed by atoms with Crippen LogP contribution >= 0.6 is 22.9 Å². The Hall–Kier alpha value is -2.90. The highest BCUT2D eigenvalue weighted by Crippen LogP contribution is 2.36. The van der Waals surface area contributed by atoms with Gasteiger partial charge in [-0.1, -0.05) is 71.0 Å².